The lowest BCUT2D eigenvalue weighted by Crippen LogP contribution is -2.32. The number of rotatable bonds is 3. The third-order valence-corrected chi connectivity index (χ3v) is 3.55. The molecule has 1 aromatic heterocycles. The fourth-order valence-corrected chi connectivity index (χ4v) is 2.64. The summed E-state index contributed by atoms with van der Waals surface area (Å²) in [5, 5.41) is 3.92. The average molecular weight is 240 g/mol. The quantitative estimate of drug-likeness (QED) is 0.877. The van der Waals surface area contributed by atoms with Crippen LogP contribution in [0.25, 0.3) is 0 Å². The zero-order chi connectivity index (χ0) is 11.4. The second-order valence-corrected chi connectivity index (χ2v) is 4.82. The van der Waals surface area contributed by atoms with Crippen molar-refractivity contribution in [3.8, 4) is 0 Å². The minimum atomic E-state index is 0.453. The Morgan fingerprint density at radius 1 is 1.38 bits per heavy atom. The largest absolute Gasteiger partial charge is 0.366 e. The van der Waals surface area contributed by atoms with Gasteiger partial charge in [0.1, 0.15) is 11.0 Å². The van der Waals surface area contributed by atoms with Crippen molar-refractivity contribution in [2.24, 2.45) is 5.92 Å². The van der Waals surface area contributed by atoms with E-state index in [1.165, 1.54) is 32.1 Å². The van der Waals surface area contributed by atoms with Crippen LogP contribution in [-0.2, 0) is 0 Å². The molecule has 1 aliphatic rings. The van der Waals surface area contributed by atoms with Crippen molar-refractivity contribution in [3.05, 3.63) is 17.5 Å². The van der Waals surface area contributed by atoms with Gasteiger partial charge in [0.15, 0.2) is 0 Å². The van der Waals surface area contributed by atoms with Crippen LogP contribution in [0.5, 0.6) is 0 Å². The van der Waals surface area contributed by atoms with Gasteiger partial charge in [-0.15, -0.1) is 0 Å². The van der Waals surface area contributed by atoms with E-state index in [2.05, 4.69) is 22.2 Å². The molecule has 16 heavy (non-hydrogen) atoms. The highest BCUT2D eigenvalue weighted by atomic mass is 35.5. The second kappa shape index (κ2) is 5.48. The van der Waals surface area contributed by atoms with Crippen molar-refractivity contribution in [1.82, 2.24) is 9.97 Å². The molecule has 2 atom stereocenters. The molecule has 2 unspecified atom stereocenters. The summed E-state index contributed by atoms with van der Waals surface area (Å²) in [5.41, 5.74) is 0. The van der Waals surface area contributed by atoms with E-state index in [9.17, 15) is 0 Å². The fraction of sp³-hybridized carbons (Fsp3) is 0.667. The van der Waals surface area contributed by atoms with E-state index in [1.54, 1.807) is 12.4 Å². The van der Waals surface area contributed by atoms with Gasteiger partial charge in [0.25, 0.3) is 0 Å². The maximum Gasteiger partial charge on any atom is 0.149 e. The van der Waals surface area contributed by atoms with E-state index in [4.69, 9.17) is 11.6 Å². The van der Waals surface area contributed by atoms with Crippen molar-refractivity contribution in [3.63, 3.8) is 0 Å². The van der Waals surface area contributed by atoms with E-state index in [1.807, 2.05) is 0 Å². The minimum Gasteiger partial charge on any atom is -0.366 e. The molecule has 1 heterocycles. The van der Waals surface area contributed by atoms with Crippen LogP contribution >= 0.6 is 11.6 Å². The molecule has 0 radical (unpaired) electrons. The molecule has 4 heteroatoms. The summed E-state index contributed by atoms with van der Waals surface area (Å²) in [6.45, 7) is 2.26. The topological polar surface area (TPSA) is 37.8 Å². The molecular formula is C12H18ClN3. The lowest BCUT2D eigenvalue weighted by Gasteiger charge is -2.31. The van der Waals surface area contributed by atoms with Gasteiger partial charge in [-0.05, 0) is 18.8 Å². The Kier molecular flexibility index (Phi) is 3.99. The van der Waals surface area contributed by atoms with Crippen LogP contribution in [-0.4, -0.2) is 16.0 Å². The SMILES string of the molecule is CCC1CCCCC1Nc1cncc(Cl)n1. The molecule has 1 saturated carbocycles. The third-order valence-electron chi connectivity index (χ3n) is 3.37. The standard InChI is InChI=1S/C12H18ClN3/c1-2-9-5-3-4-6-10(9)15-12-8-14-7-11(13)16-12/h7-10H,2-6H2,1H3,(H,15,16). The highest BCUT2D eigenvalue weighted by molar-refractivity contribution is 6.29. The highest BCUT2D eigenvalue weighted by Gasteiger charge is 2.23. The molecule has 1 N–H and O–H groups in total. The molecular weight excluding hydrogens is 222 g/mol. The van der Waals surface area contributed by atoms with Crippen molar-refractivity contribution in [2.45, 2.75) is 45.1 Å². The smallest absolute Gasteiger partial charge is 0.149 e. The molecule has 1 aliphatic carbocycles. The van der Waals surface area contributed by atoms with Crippen molar-refractivity contribution in [1.29, 1.82) is 0 Å². The Morgan fingerprint density at radius 3 is 2.94 bits per heavy atom. The van der Waals surface area contributed by atoms with E-state index < -0.39 is 0 Å². The minimum absolute atomic E-state index is 0.453. The summed E-state index contributed by atoms with van der Waals surface area (Å²) in [6.07, 6.45) is 9.75. The number of anilines is 1. The van der Waals surface area contributed by atoms with Crippen LogP contribution in [0.1, 0.15) is 39.0 Å². The first-order chi connectivity index (χ1) is 7.79. The Morgan fingerprint density at radius 2 is 2.19 bits per heavy atom. The van der Waals surface area contributed by atoms with Gasteiger partial charge in [0.2, 0.25) is 0 Å². The number of halogens is 1. The molecule has 2 rings (SSSR count). The third kappa shape index (κ3) is 2.85. The van der Waals surface area contributed by atoms with E-state index in [-0.39, 0.29) is 0 Å². The van der Waals surface area contributed by atoms with Crippen LogP contribution in [0.2, 0.25) is 5.15 Å². The molecule has 0 aromatic carbocycles. The lowest BCUT2D eigenvalue weighted by molar-refractivity contribution is 0.317. The first kappa shape index (κ1) is 11.6. The first-order valence-electron chi connectivity index (χ1n) is 6.03. The summed E-state index contributed by atoms with van der Waals surface area (Å²) in [7, 11) is 0. The molecule has 1 aromatic rings. The van der Waals surface area contributed by atoms with Crippen LogP contribution in [0, 0.1) is 5.92 Å². The van der Waals surface area contributed by atoms with E-state index in [0.717, 1.165) is 11.7 Å². The Labute approximate surface area is 102 Å². The zero-order valence-electron chi connectivity index (χ0n) is 9.62. The van der Waals surface area contributed by atoms with Gasteiger partial charge >= 0.3 is 0 Å². The normalized spacial score (nSPS) is 25.4. The number of hydrogen-bond acceptors (Lipinski definition) is 3. The number of nitrogens with zero attached hydrogens (tertiary/aromatic N) is 2. The average Bonchev–Trinajstić information content (AvgIpc) is 2.30. The number of aromatic nitrogens is 2. The Hall–Kier alpha value is -0.830. The predicted octanol–water partition coefficient (Wildman–Crippen LogP) is 3.51. The summed E-state index contributed by atoms with van der Waals surface area (Å²) in [4.78, 5) is 8.27. The Bertz CT molecular complexity index is 343. The summed E-state index contributed by atoms with van der Waals surface area (Å²) in [5.74, 6) is 1.56. The van der Waals surface area contributed by atoms with Gasteiger partial charge < -0.3 is 5.32 Å². The number of nitrogens with one attached hydrogen (secondary N) is 1. The van der Waals surface area contributed by atoms with Crippen LogP contribution in [0.15, 0.2) is 12.4 Å². The summed E-state index contributed by atoms with van der Waals surface area (Å²) >= 11 is 5.82. The van der Waals surface area contributed by atoms with Gasteiger partial charge in [-0.3, -0.25) is 4.98 Å². The number of hydrogen-bond donors (Lipinski definition) is 1. The maximum absolute atomic E-state index is 5.82. The maximum atomic E-state index is 5.82. The zero-order valence-corrected chi connectivity index (χ0v) is 10.4. The lowest BCUT2D eigenvalue weighted by atomic mass is 9.83. The predicted molar refractivity (Wildman–Crippen MR) is 66.7 cm³/mol. The molecule has 88 valence electrons. The van der Waals surface area contributed by atoms with Crippen molar-refractivity contribution >= 4 is 17.4 Å². The molecule has 0 saturated heterocycles. The van der Waals surface area contributed by atoms with Crippen LogP contribution in [0.3, 0.4) is 0 Å². The van der Waals surface area contributed by atoms with Gasteiger partial charge in [0, 0.05) is 6.04 Å². The van der Waals surface area contributed by atoms with Gasteiger partial charge in [-0.25, -0.2) is 4.98 Å². The monoisotopic (exact) mass is 239 g/mol. The van der Waals surface area contributed by atoms with E-state index >= 15 is 0 Å². The van der Waals surface area contributed by atoms with Gasteiger partial charge in [0.05, 0.1) is 12.4 Å². The molecule has 0 spiro atoms. The van der Waals surface area contributed by atoms with Crippen molar-refractivity contribution < 1.29 is 0 Å². The molecule has 3 nitrogen and oxygen atoms in total. The van der Waals surface area contributed by atoms with Gasteiger partial charge in [-0.2, -0.15) is 0 Å². The Balaban J connectivity index is 2.02. The summed E-state index contributed by atoms with van der Waals surface area (Å²) < 4.78 is 0. The van der Waals surface area contributed by atoms with Crippen LogP contribution in [0.4, 0.5) is 5.82 Å². The van der Waals surface area contributed by atoms with Crippen LogP contribution < -0.4 is 5.32 Å². The first-order valence-corrected chi connectivity index (χ1v) is 6.41. The second-order valence-electron chi connectivity index (χ2n) is 4.43. The summed E-state index contributed by atoms with van der Waals surface area (Å²) in [6, 6.07) is 0.534. The molecule has 0 aliphatic heterocycles. The fourth-order valence-electron chi connectivity index (χ4n) is 2.49. The molecule has 0 bridgehead atoms. The van der Waals surface area contributed by atoms with E-state index in [0.29, 0.717) is 11.2 Å². The highest BCUT2D eigenvalue weighted by Crippen LogP contribution is 2.28. The van der Waals surface area contributed by atoms with Crippen molar-refractivity contribution in [2.75, 3.05) is 5.32 Å². The molecule has 0 amide bonds. The van der Waals surface area contributed by atoms with Gasteiger partial charge in [-0.1, -0.05) is 37.8 Å². The molecule has 1 fully saturated rings.